The van der Waals surface area contributed by atoms with Crippen LogP contribution in [0.25, 0.3) is 6.08 Å². The summed E-state index contributed by atoms with van der Waals surface area (Å²) in [6.07, 6.45) is 4.61. The molecule has 1 aromatic heterocycles. The zero-order valence-electron chi connectivity index (χ0n) is 19.8. The Morgan fingerprint density at radius 1 is 1.17 bits per heavy atom. The average Bonchev–Trinajstić information content (AvgIpc) is 3.36. The number of aryl methyl sites for hydroxylation is 1. The van der Waals surface area contributed by atoms with Gasteiger partial charge in [-0.2, -0.15) is 0 Å². The standard InChI is InChI=1S/C18H24N4O.3C2H6.2H2/c1-10-3-4-16-12(5-10)7-15(18(23)20-11(2)19)17(21-16)22-8-13-6-14(13)9-22;3*1-2;;/h5,7,13-14,18,23H,3-4,6,8-9H2,1-2H3,(H2,19,20);3*1-2H3;2*1H. The molecule has 3 unspecified atom stereocenters. The maximum Gasteiger partial charge on any atom is 0.176 e. The van der Waals surface area contributed by atoms with E-state index in [1.54, 1.807) is 6.92 Å². The van der Waals surface area contributed by atoms with Gasteiger partial charge in [0.15, 0.2) is 6.23 Å². The van der Waals surface area contributed by atoms with Crippen molar-refractivity contribution in [3.8, 4) is 0 Å². The van der Waals surface area contributed by atoms with Gasteiger partial charge < -0.3 is 15.7 Å². The minimum Gasteiger partial charge on any atom is -0.388 e. The Hall–Kier alpha value is -1.88. The largest absolute Gasteiger partial charge is 0.388 e. The first-order valence-electron chi connectivity index (χ1n) is 11.4. The third kappa shape index (κ3) is 6.30. The fourth-order valence-electron chi connectivity index (χ4n) is 3.83. The van der Waals surface area contributed by atoms with Crippen molar-refractivity contribution in [3.05, 3.63) is 28.5 Å². The molecule has 1 aliphatic heterocycles. The van der Waals surface area contributed by atoms with Gasteiger partial charge in [-0.15, -0.1) is 0 Å². The molecule has 2 aliphatic carbocycles. The molecule has 3 N–H and O–H groups in total. The van der Waals surface area contributed by atoms with Gasteiger partial charge in [-0.1, -0.05) is 53.2 Å². The smallest absolute Gasteiger partial charge is 0.176 e. The molecule has 4 rings (SSSR count). The molecule has 1 aromatic rings. The molecular weight excluding hydrogens is 360 g/mol. The number of aromatic nitrogens is 1. The summed E-state index contributed by atoms with van der Waals surface area (Å²) in [6, 6.07) is 2.06. The SMILES string of the molecule is CC.CC.CC.CC1=Cc2cc(C(O)/N=C(/C)N)c(N3CC4CC4C3)nc2CC1.[HH].[HH]. The van der Waals surface area contributed by atoms with Gasteiger partial charge in [0, 0.05) is 21.5 Å². The molecule has 0 spiro atoms. The summed E-state index contributed by atoms with van der Waals surface area (Å²) in [6.45, 7) is 17.9. The summed E-state index contributed by atoms with van der Waals surface area (Å²) in [5.41, 5.74) is 10.0. The van der Waals surface area contributed by atoms with Gasteiger partial charge >= 0.3 is 0 Å². The van der Waals surface area contributed by atoms with E-state index in [-0.39, 0.29) is 2.85 Å². The average molecular weight is 407 g/mol. The fraction of sp³-hybridized carbons (Fsp3) is 0.667. The van der Waals surface area contributed by atoms with Gasteiger partial charge in [0.25, 0.3) is 0 Å². The first-order chi connectivity index (χ1) is 14.0. The molecule has 168 valence electrons. The van der Waals surface area contributed by atoms with Crippen LogP contribution in [-0.2, 0) is 6.42 Å². The van der Waals surface area contributed by atoms with Crippen LogP contribution in [0.1, 0.15) is 94.1 Å². The van der Waals surface area contributed by atoms with E-state index in [1.165, 1.54) is 12.0 Å². The number of pyridine rings is 1. The number of aliphatic hydroxyl groups excluding tert-OH is 1. The zero-order valence-corrected chi connectivity index (χ0v) is 19.8. The Morgan fingerprint density at radius 2 is 1.76 bits per heavy atom. The van der Waals surface area contributed by atoms with Crippen molar-refractivity contribution in [1.29, 1.82) is 0 Å². The molecule has 2 heterocycles. The lowest BCUT2D eigenvalue weighted by molar-refractivity contribution is 0.188. The summed E-state index contributed by atoms with van der Waals surface area (Å²) >= 11 is 0. The first-order valence-corrected chi connectivity index (χ1v) is 11.4. The quantitative estimate of drug-likeness (QED) is 0.489. The Balaban J connectivity index is 0. The van der Waals surface area contributed by atoms with Gasteiger partial charge in [-0.05, 0) is 56.6 Å². The number of anilines is 1. The van der Waals surface area contributed by atoms with Crippen molar-refractivity contribution in [2.24, 2.45) is 22.6 Å². The van der Waals surface area contributed by atoms with Crippen LogP contribution in [0.15, 0.2) is 16.6 Å². The normalized spacial score (nSPS) is 22.3. The Morgan fingerprint density at radius 3 is 2.31 bits per heavy atom. The van der Waals surface area contributed by atoms with E-state index in [0.717, 1.165) is 60.4 Å². The Bertz CT molecular complexity index is 708. The molecule has 1 saturated carbocycles. The van der Waals surface area contributed by atoms with Gasteiger partial charge in [-0.25, -0.2) is 9.98 Å². The number of aliphatic imine (C=N–C) groups is 1. The van der Waals surface area contributed by atoms with Gasteiger partial charge in [0.05, 0.1) is 11.5 Å². The Labute approximate surface area is 181 Å². The molecule has 0 amide bonds. The van der Waals surface area contributed by atoms with Gasteiger partial charge in [0.1, 0.15) is 5.82 Å². The predicted octanol–water partition coefficient (Wildman–Crippen LogP) is 5.83. The summed E-state index contributed by atoms with van der Waals surface area (Å²) in [7, 11) is 0. The maximum atomic E-state index is 10.5. The van der Waals surface area contributed by atoms with Crippen molar-refractivity contribution in [2.75, 3.05) is 18.0 Å². The minimum atomic E-state index is -0.944. The van der Waals surface area contributed by atoms with E-state index in [0.29, 0.717) is 5.84 Å². The molecule has 5 heteroatoms. The second-order valence-electron chi connectivity index (χ2n) is 7.23. The van der Waals surface area contributed by atoms with Crippen LogP contribution in [0.5, 0.6) is 0 Å². The fourth-order valence-corrected chi connectivity index (χ4v) is 3.83. The number of allylic oxidation sites excluding steroid dienone is 1. The third-order valence-electron chi connectivity index (χ3n) is 5.18. The van der Waals surface area contributed by atoms with E-state index >= 15 is 0 Å². The van der Waals surface area contributed by atoms with E-state index in [1.807, 2.05) is 41.5 Å². The molecular formula is C24H46N4O. The van der Waals surface area contributed by atoms with Crippen molar-refractivity contribution >= 4 is 17.7 Å². The number of piperidine rings is 1. The molecule has 0 aromatic carbocycles. The molecule has 0 radical (unpaired) electrons. The van der Waals surface area contributed by atoms with Gasteiger partial charge in [0.2, 0.25) is 0 Å². The summed E-state index contributed by atoms with van der Waals surface area (Å²) in [5.74, 6) is 2.93. The van der Waals surface area contributed by atoms with Crippen molar-refractivity contribution in [2.45, 2.75) is 80.9 Å². The highest BCUT2D eigenvalue weighted by Gasteiger charge is 2.46. The van der Waals surface area contributed by atoms with E-state index in [2.05, 4.69) is 29.0 Å². The van der Waals surface area contributed by atoms with Crippen LogP contribution in [0.4, 0.5) is 5.82 Å². The summed E-state index contributed by atoms with van der Waals surface area (Å²) < 4.78 is 0. The topological polar surface area (TPSA) is 74.7 Å². The lowest BCUT2D eigenvalue weighted by Crippen LogP contribution is -2.26. The zero-order chi connectivity index (χ0) is 22.1. The second kappa shape index (κ2) is 12.0. The van der Waals surface area contributed by atoms with E-state index in [4.69, 9.17) is 10.7 Å². The van der Waals surface area contributed by atoms with Crippen molar-refractivity contribution < 1.29 is 7.96 Å². The van der Waals surface area contributed by atoms with Crippen LogP contribution in [-0.4, -0.2) is 29.0 Å². The lowest BCUT2D eigenvalue weighted by atomic mass is 9.95. The van der Waals surface area contributed by atoms with Crippen LogP contribution in [0.3, 0.4) is 0 Å². The van der Waals surface area contributed by atoms with Crippen LogP contribution >= 0.6 is 0 Å². The summed E-state index contributed by atoms with van der Waals surface area (Å²) in [5, 5.41) is 10.5. The highest BCUT2D eigenvalue weighted by molar-refractivity contribution is 5.77. The molecule has 5 nitrogen and oxygen atoms in total. The van der Waals surface area contributed by atoms with Crippen molar-refractivity contribution in [1.82, 2.24) is 4.98 Å². The van der Waals surface area contributed by atoms with Crippen molar-refractivity contribution in [3.63, 3.8) is 0 Å². The number of hydrogen-bond donors (Lipinski definition) is 2. The number of amidine groups is 1. The number of fused-ring (bicyclic) bond motifs is 2. The number of rotatable bonds is 3. The number of aliphatic hydroxyl groups is 1. The molecule has 0 bridgehead atoms. The first kappa shape index (κ1) is 25.2. The predicted molar refractivity (Wildman–Crippen MR) is 131 cm³/mol. The number of hydrogen-bond acceptors (Lipinski definition) is 4. The molecule has 2 fully saturated rings. The number of nitrogens with two attached hydrogens (primary N) is 1. The van der Waals surface area contributed by atoms with Gasteiger partial charge in [-0.3, -0.25) is 0 Å². The summed E-state index contributed by atoms with van der Waals surface area (Å²) in [4.78, 5) is 11.4. The molecule has 3 aliphatic rings. The Kier molecular flexibility index (Phi) is 10.4. The van der Waals surface area contributed by atoms with E-state index in [9.17, 15) is 5.11 Å². The lowest BCUT2D eigenvalue weighted by Gasteiger charge is -2.26. The van der Waals surface area contributed by atoms with E-state index < -0.39 is 6.23 Å². The van der Waals surface area contributed by atoms with Crippen LogP contribution in [0.2, 0.25) is 0 Å². The number of nitrogens with zero attached hydrogens (tertiary/aromatic N) is 3. The maximum absolute atomic E-state index is 10.5. The molecule has 3 atom stereocenters. The minimum absolute atomic E-state index is 0. The highest BCUT2D eigenvalue weighted by atomic mass is 16.3. The second-order valence-corrected chi connectivity index (χ2v) is 7.23. The van der Waals surface area contributed by atoms with Crippen LogP contribution < -0.4 is 10.6 Å². The molecule has 29 heavy (non-hydrogen) atoms. The highest BCUT2D eigenvalue weighted by Crippen LogP contribution is 2.47. The molecule has 1 saturated heterocycles. The van der Waals surface area contributed by atoms with Crippen LogP contribution in [0, 0.1) is 11.8 Å². The monoisotopic (exact) mass is 406 g/mol. The third-order valence-corrected chi connectivity index (χ3v) is 5.18.